The van der Waals surface area contributed by atoms with Crippen LogP contribution in [0, 0.1) is 11.6 Å². The van der Waals surface area contributed by atoms with Crippen molar-refractivity contribution in [2.75, 3.05) is 13.1 Å². The number of aromatic nitrogens is 4. The van der Waals surface area contributed by atoms with E-state index < -0.39 is 0 Å². The average Bonchev–Trinajstić information content (AvgIpc) is 3.46. The Morgan fingerprint density at radius 2 is 1.33 bits per heavy atom. The molecule has 4 heterocycles. The summed E-state index contributed by atoms with van der Waals surface area (Å²) in [7, 11) is 0. The maximum absolute atomic E-state index is 14.1. The Hall–Kier alpha value is -4.75. The highest BCUT2D eigenvalue weighted by Gasteiger charge is 2.29. The van der Waals surface area contributed by atoms with Crippen LogP contribution in [0.3, 0.4) is 0 Å². The Bertz CT molecular complexity index is 1810. The van der Waals surface area contributed by atoms with Crippen LogP contribution < -0.4 is 0 Å². The number of pyridine rings is 2. The summed E-state index contributed by atoms with van der Waals surface area (Å²) in [6.45, 7) is 2.88. The van der Waals surface area contributed by atoms with E-state index in [0.717, 1.165) is 71.4 Å². The van der Waals surface area contributed by atoms with Gasteiger partial charge in [0, 0.05) is 41.5 Å². The van der Waals surface area contributed by atoms with Gasteiger partial charge < -0.3 is 0 Å². The lowest BCUT2D eigenvalue weighted by Gasteiger charge is -2.31. The lowest BCUT2D eigenvalue weighted by atomic mass is 9.85. The van der Waals surface area contributed by atoms with Crippen LogP contribution in [0.1, 0.15) is 30.0 Å². The third kappa shape index (κ3) is 5.08. The minimum Gasteiger partial charge on any atom is -0.299 e. The Morgan fingerprint density at radius 3 is 2.00 bits per heavy atom. The summed E-state index contributed by atoms with van der Waals surface area (Å²) >= 11 is 0. The number of nitrogens with zero attached hydrogens (tertiary/aromatic N) is 4. The summed E-state index contributed by atoms with van der Waals surface area (Å²) < 4.78 is 28.1. The molecule has 7 rings (SSSR count). The van der Waals surface area contributed by atoms with Gasteiger partial charge in [-0.1, -0.05) is 42.5 Å². The molecule has 6 aromatic rings. The molecule has 208 valence electrons. The SMILES string of the molecule is Fc1ccc(-c2nc3[nH]nc(C4CCN(Cc5ccccc5)CC4)c3c(-c3ccc(F)cc3)c2-c2ccncc2)cc1. The van der Waals surface area contributed by atoms with Crippen molar-refractivity contribution in [2.24, 2.45) is 0 Å². The van der Waals surface area contributed by atoms with Gasteiger partial charge in [0.25, 0.3) is 0 Å². The third-order valence-corrected chi connectivity index (χ3v) is 8.18. The zero-order valence-corrected chi connectivity index (χ0v) is 23.0. The minimum absolute atomic E-state index is 0.244. The van der Waals surface area contributed by atoms with Crippen LogP contribution in [0.5, 0.6) is 0 Å². The molecule has 1 aliphatic heterocycles. The summed E-state index contributed by atoms with van der Waals surface area (Å²) in [5, 5.41) is 9.03. The van der Waals surface area contributed by atoms with Crippen LogP contribution in [0.25, 0.3) is 44.5 Å². The van der Waals surface area contributed by atoms with Gasteiger partial charge in [0.05, 0.1) is 16.8 Å². The van der Waals surface area contributed by atoms with E-state index in [4.69, 9.17) is 10.1 Å². The first kappa shape index (κ1) is 26.2. The highest BCUT2D eigenvalue weighted by Crippen LogP contribution is 2.45. The Labute approximate surface area is 242 Å². The van der Waals surface area contributed by atoms with Gasteiger partial charge in [0.15, 0.2) is 5.65 Å². The van der Waals surface area contributed by atoms with Crippen molar-refractivity contribution in [1.29, 1.82) is 0 Å². The predicted molar refractivity (Wildman–Crippen MR) is 162 cm³/mol. The molecular formula is C35H29F2N5. The first-order valence-electron chi connectivity index (χ1n) is 14.2. The van der Waals surface area contributed by atoms with E-state index in [-0.39, 0.29) is 17.6 Å². The van der Waals surface area contributed by atoms with E-state index in [1.165, 1.54) is 29.8 Å². The normalized spacial score (nSPS) is 14.4. The number of benzene rings is 3. The number of rotatable bonds is 6. The molecule has 1 N–H and O–H groups in total. The molecule has 0 aliphatic carbocycles. The zero-order valence-electron chi connectivity index (χ0n) is 23.0. The molecule has 1 aliphatic rings. The third-order valence-electron chi connectivity index (χ3n) is 8.18. The zero-order chi connectivity index (χ0) is 28.5. The molecule has 7 heteroatoms. The quantitative estimate of drug-likeness (QED) is 0.225. The minimum atomic E-state index is -0.313. The Kier molecular flexibility index (Phi) is 7.01. The van der Waals surface area contributed by atoms with Gasteiger partial charge in [0.2, 0.25) is 0 Å². The fraction of sp³-hybridized carbons (Fsp3) is 0.171. The molecule has 3 aromatic carbocycles. The topological polar surface area (TPSA) is 57.7 Å². The average molecular weight is 558 g/mol. The Balaban J connectivity index is 1.38. The maximum atomic E-state index is 14.1. The van der Waals surface area contributed by atoms with Crippen LogP contribution in [0.15, 0.2) is 103 Å². The molecule has 0 spiro atoms. The second kappa shape index (κ2) is 11.3. The molecule has 5 nitrogen and oxygen atoms in total. The first-order valence-corrected chi connectivity index (χ1v) is 14.2. The number of halogens is 2. The Morgan fingerprint density at radius 1 is 0.714 bits per heavy atom. The number of nitrogens with one attached hydrogen (secondary N) is 1. The molecule has 0 radical (unpaired) electrons. The summed E-state index contributed by atoms with van der Waals surface area (Å²) in [5.41, 5.74) is 8.03. The molecule has 1 saturated heterocycles. The van der Waals surface area contributed by atoms with Crippen molar-refractivity contribution >= 4 is 11.0 Å². The molecular weight excluding hydrogens is 528 g/mol. The summed E-state index contributed by atoms with van der Waals surface area (Å²) in [6.07, 6.45) is 5.45. The van der Waals surface area contributed by atoms with Crippen molar-refractivity contribution < 1.29 is 8.78 Å². The van der Waals surface area contributed by atoms with Crippen LogP contribution in [0.4, 0.5) is 8.78 Å². The second-order valence-corrected chi connectivity index (χ2v) is 10.8. The summed E-state index contributed by atoms with van der Waals surface area (Å²) in [6, 6.07) is 27.4. The number of hydrogen-bond donors (Lipinski definition) is 1. The fourth-order valence-corrected chi connectivity index (χ4v) is 6.11. The molecule has 0 saturated carbocycles. The first-order chi connectivity index (χ1) is 20.6. The lowest BCUT2D eigenvalue weighted by molar-refractivity contribution is 0.203. The highest BCUT2D eigenvalue weighted by atomic mass is 19.1. The van der Waals surface area contributed by atoms with Gasteiger partial charge in [-0.3, -0.25) is 15.0 Å². The van der Waals surface area contributed by atoms with Gasteiger partial charge in [-0.2, -0.15) is 5.10 Å². The molecule has 0 unspecified atom stereocenters. The van der Waals surface area contributed by atoms with E-state index in [2.05, 4.69) is 39.2 Å². The largest absolute Gasteiger partial charge is 0.299 e. The predicted octanol–water partition coefficient (Wildman–Crippen LogP) is 8.01. The van der Waals surface area contributed by atoms with Gasteiger partial charge in [-0.05, 0) is 91.2 Å². The van der Waals surface area contributed by atoms with Crippen molar-refractivity contribution in [3.05, 3.63) is 126 Å². The summed E-state index contributed by atoms with van der Waals surface area (Å²) in [4.78, 5) is 11.8. The van der Waals surface area contributed by atoms with Crippen LogP contribution >= 0.6 is 0 Å². The van der Waals surface area contributed by atoms with E-state index in [9.17, 15) is 8.78 Å². The molecule has 0 atom stereocenters. The van der Waals surface area contributed by atoms with Crippen LogP contribution in [-0.2, 0) is 6.54 Å². The van der Waals surface area contributed by atoms with Crippen LogP contribution in [-0.4, -0.2) is 38.2 Å². The fourth-order valence-electron chi connectivity index (χ4n) is 6.11. The molecule has 3 aromatic heterocycles. The van der Waals surface area contributed by atoms with Crippen molar-refractivity contribution in [2.45, 2.75) is 25.3 Å². The number of H-pyrrole nitrogens is 1. The number of piperidine rings is 1. The van der Waals surface area contributed by atoms with Crippen LogP contribution in [0.2, 0.25) is 0 Å². The molecule has 0 amide bonds. The molecule has 1 fully saturated rings. The number of hydrogen-bond acceptors (Lipinski definition) is 4. The van der Waals surface area contributed by atoms with E-state index in [0.29, 0.717) is 11.3 Å². The van der Waals surface area contributed by atoms with Gasteiger partial charge in [0.1, 0.15) is 11.6 Å². The van der Waals surface area contributed by atoms with Gasteiger partial charge in [-0.15, -0.1) is 0 Å². The maximum Gasteiger partial charge on any atom is 0.156 e. The standard InChI is InChI=1S/C35H29F2N5/c36-28-10-6-24(7-11-28)30-31(25-14-18-38-19-15-25)33(26-8-12-29(37)13-9-26)39-35-32(30)34(40-41-35)27-16-20-42(21-17-27)22-23-4-2-1-3-5-23/h1-15,18-19,27H,16-17,20-22H2,(H,39,40,41). The molecule has 42 heavy (non-hydrogen) atoms. The summed E-state index contributed by atoms with van der Waals surface area (Å²) in [5.74, 6) is -0.369. The van der Waals surface area contributed by atoms with Crippen molar-refractivity contribution in [3.63, 3.8) is 0 Å². The van der Waals surface area contributed by atoms with E-state index in [1.54, 1.807) is 24.5 Å². The van der Waals surface area contributed by atoms with Crippen molar-refractivity contribution in [3.8, 4) is 33.5 Å². The monoisotopic (exact) mass is 557 g/mol. The lowest BCUT2D eigenvalue weighted by Crippen LogP contribution is -2.32. The van der Waals surface area contributed by atoms with E-state index >= 15 is 0 Å². The van der Waals surface area contributed by atoms with E-state index in [1.807, 2.05) is 30.3 Å². The molecule has 0 bridgehead atoms. The second-order valence-electron chi connectivity index (χ2n) is 10.8. The smallest absolute Gasteiger partial charge is 0.156 e. The number of aromatic amines is 1. The van der Waals surface area contributed by atoms with Crippen molar-refractivity contribution in [1.82, 2.24) is 25.1 Å². The number of fused-ring (bicyclic) bond motifs is 1. The highest BCUT2D eigenvalue weighted by molar-refractivity contribution is 6.07. The van der Waals surface area contributed by atoms with Gasteiger partial charge >= 0.3 is 0 Å². The van der Waals surface area contributed by atoms with Gasteiger partial charge in [-0.25, -0.2) is 13.8 Å². The number of likely N-dealkylation sites (tertiary alicyclic amines) is 1.